The summed E-state index contributed by atoms with van der Waals surface area (Å²) in [5.74, 6) is 3.77. The van der Waals surface area contributed by atoms with E-state index in [0.717, 1.165) is 36.5 Å². The third-order valence-electron chi connectivity index (χ3n) is 8.90. The Bertz CT molecular complexity index is 536. The van der Waals surface area contributed by atoms with Gasteiger partial charge in [-0.2, -0.15) is 0 Å². The minimum Gasteiger partial charge on any atom is -0.389 e. The van der Waals surface area contributed by atoms with E-state index in [-0.39, 0.29) is 17.1 Å². The second kappa shape index (κ2) is 4.85. The van der Waals surface area contributed by atoms with Crippen molar-refractivity contribution in [3.8, 4) is 0 Å². The average Bonchev–Trinajstić information content (AvgIpc) is 3.34. The summed E-state index contributed by atoms with van der Waals surface area (Å²) >= 11 is 0. The van der Waals surface area contributed by atoms with Crippen LogP contribution in [-0.2, 0) is 0 Å². The molecule has 0 radical (unpaired) electrons. The number of fused-ring (bicyclic) bond motifs is 5. The summed E-state index contributed by atoms with van der Waals surface area (Å²) in [6, 6.07) is 0. The van der Waals surface area contributed by atoms with Crippen LogP contribution in [-0.4, -0.2) is 21.9 Å². The largest absolute Gasteiger partial charge is 0.389 e. The molecule has 4 fully saturated rings. The number of rotatable bonds is 1. The minimum absolute atomic E-state index is 0.182. The molecule has 0 amide bonds. The fraction of sp³-hybridized carbons (Fsp3) is 0.905. The van der Waals surface area contributed by atoms with E-state index in [1.54, 1.807) is 5.57 Å². The minimum atomic E-state index is -0.346. The van der Waals surface area contributed by atoms with Crippen LogP contribution in [0.2, 0.25) is 0 Å². The SMILES string of the molecule is C[C@]12CC[C@H]3[C@@H](CCC4=C[C@@H](O)CC[C@@H]43)[C@@H]1CC[C@@]2(O)C1CC1. The Labute approximate surface area is 140 Å². The smallest absolute Gasteiger partial charge is 0.0731 e. The van der Waals surface area contributed by atoms with Gasteiger partial charge in [0.2, 0.25) is 0 Å². The van der Waals surface area contributed by atoms with Gasteiger partial charge in [-0.1, -0.05) is 18.6 Å². The van der Waals surface area contributed by atoms with Crippen molar-refractivity contribution in [3.63, 3.8) is 0 Å². The molecule has 2 nitrogen and oxygen atoms in total. The van der Waals surface area contributed by atoms with E-state index < -0.39 is 0 Å². The molecule has 0 unspecified atom stereocenters. The molecule has 0 heterocycles. The summed E-state index contributed by atoms with van der Waals surface area (Å²) in [5, 5.41) is 21.5. The fourth-order valence-electron chi connectivity index (χ4n) is 7.60. The quantitative estimate of drug-likeness (QED) is 0.716. The average molecular weight is 316 g/mol. The Morgan fingerprint density at radius 2 is 1.78 bits per heavy atom. The van der Waals surface area contributed by atoms with Crippen molar-refractivity contribution in [3.05, 3.63) is 11.6 Å². The highest BCUT2D eigenvalue weighted by Crippen LogP contribution is 2.68. The second-order valence-corrected chi connectivity index (χ2v) is 9.66. The first-order chi connectivity index (χ1) is 11.0. The molecule has 0 aliphatic heterocycles. The first kappa shape index (κ1) is 15.0. The molecule has 5 rings (SSSR count). The number of aliphatic hydroxyl groups excluding tert-OH is 1. The van der Waals surface area contributed by atoms with Crippen molar-refractivity contribution in [1.82, 2.24) is 0 Å². The van der Waals surface area contributed by atoms with Gasteiger partial charge in [0.25, 0.3) is 0 Å². The van der Waals surface area contributed by atoms with Gasteiger partial charge in [0, 0.05) is 0 Å². The number of allylic oxidation sites excluding steroid dienone is 1. The van der Waals surface area contributed by atoms with Crippen molar-refractivity contribution in [2.75, 3.05) is 0 Å². The zero-order chi connectivity index (χ0) is 15.8. The Morgan fingerprint density at radius 1 is 0.957 bits per heavy atom. The summed E-state index contributed by atoms with van der Waals surface area (Å²) in [6.07, 6.45) is 14.1. The van der Waals surface area contributed by atoms with E-state index in [1.807, 2.05) is 0 Å². The molecular weight excluding hydrogens is 284 g/mol. The molecule has 4 saturated carbocycles. The van der Waals surface area contributed by atoms with Crippen LogP contribution < -0.4 is 0 Å². The summed E-state index contributed by atoms with van der Waals surface area (Å²) < 4.78 is 0. The Morgan fingerprint density at radius 3 is 2.57 bits per heavy atom. The molecule has 23 heavy (non-hydrogen) atoms. The van der Waals surface area contributed by atoms with Gasteiger partial charge in [-0.05, 0) is 99.2 Å². The highest BCUT2D eigenvalue weighted by molar-refractivity contribution is 5.22. The number of hydrogen-bond acceptors (Lipinski definition) is 2. The van der Waals surface area contributed by atoms with Crippen molar-refractivity contribution in [2.45, 2.75) is 82.8 Å². The van der Waals surface area contributed by atoms with Crippen LogP contribution in [0.15, 0.2) is 11.6 Å². The molecule has 0 aromatic carbocycles. The van der Waals surface area contributed by atoms with Gasteiger partial charge < -0.3 is 10.2 Å². The zero-order valence-corrected chi connectivity index (χ0v) is 14.5. The van der Waals surface area contributed by atoms with E-state index in [4.69, 9.17) is 0 Å². The van der Waals surface area contributed by atoms with E-state index >= 15 is 0 Å². The van der Waals surface area contributed by atoms with Gasteiger partial charge in [0.1, 0.15) is 0 Å². The number of hydrogen-bond donors (Lipinski definition) is 2. The molecule has 0 aromatic rings. The highest BCUT2D eigenvalue weighted by Gasteiger charge is 2.65. The molecule has 128 valence electrons. The predicted molar refractivity (Wildman–Crippen MR) is 90.8 cm³/mol. The monoisotopic (exact) mass is 316 g/mol. The lowest BCUT2D eigenvalue weighted by Gasteiger charge is -2.56. The van der Waals surface area contributed by atoms with Gasteiger partial charge in [0.05, 0.1) is 11.7 Å². The maximum Gasteiger partial charge on any atom is 0.0731 e. The first-order valence-electron chi connectivity index (χ1n) is 10.1. The van der Waals surface area contributed by atoms with Crippen LogP contribution in [0.1, 0.15) is 71.1 Å². The molecule has 0 spiro atoms. The maximum atomic E-state index is 11.5. The molecule has 5 aliphatic carbocycles. The van der Waals surface area contributed by atoms with Crippen molar-refractivity contribution in [2.24, 2.45) is 35.0 Å². The zero-order valence-electron chi connectivity index (χ0n) is 14.5. The van der Waals surface area contributed by atoms with Gasteiger partial charge in [0.15, 0.2) is 0 Å². The first-order valence-corrected chi connectivity index (χ1v) is 10.1. The van der Waals surface area contributed by atoms with Crippen LogP contribution in [0.4, 0.5) is 0 Å². The van der Waals surface area contributed by atoms with Crippen LogP contribution in [0.3, 0.4) is 0 Å². The second-order valence-electron chi connectivity index (χ2n) is 9.66. The van der Waals surface area contributed by atoms with Gasteiger partial charge in [-0.3, -0.25) is 0 Å². The summed E-state index contributed by atoms with van der Waals surface area (Å²) in [4.78, 5) is 0. The molecular formula is C21H32O2. The van der Waals surface area contributed by atoms with E-state index in [9.17, 15) is 10.2 Å². The summed E-state index contributed by atoms with van der Waals surface area (Å²) in [5.41, 5.74) is 1.41. The van der Waals surface area contributed by atoms with Crippen LogP contribution >= 0.6 is 0 Å². The molecule has 0 aromatic heterocycles. The molecule has 5 aliphatic rings. The lowest BCUT2D eigenvalue weighted by molar-refractivity contribution is -0.129. The molecule has 2 heteroatoms. The fourth-order valence-corrected chi connectivity index (χ4v) is 7.60. The third-order valence-corrected chi connectivity index (χ3v) is 8.90. The third kappa shape index (κ3) is 1.94. The topological polar surface area (TPSA) is 40.5 Å². The van der Waals surface area contributed by atoms with E-state index in [2.05, 4.69) is 13.0 Å². The van der Waals surface area contributed by atoms with Gasteiger partial charge in [-0.25, -0.2) is 0 Å². The summed E-state index contributed by atoms with van der Waals surface area (Å²) in [7, 11) is 0. The molecule has 7 atom stereocenters. The Balaban J connectivity index is 1.45. The summed E-state index contributed by atoms with van der Waals surface area (Å²) in [6.45, 7) is 2.44. The Kier molecular flexibility index (Phi) is 3.15. The molecule has 0 saturated heterocycles. The molecule has 0 bridgehead atoms. The maximum absolute atomic E-state index is 11.5. The van der Waals surface area contributed by atoms with Crippen molar-refractivity contribution >= 4 is 0 Å². The lowest BCUT2D eigenvalue weighted by atomic mass is 9.50. The highest BCUT2D eigenvalue weighted by atomic mass is 16.3. The van der Waals surface area contributed by atoms with Crippen molar-refractivity contribution < 1.29 is 10.2 Å². The van der Waals surface area contributed by atoms with Crippen LogP contribution in [0, 0.1) is 35.0 Å². The van der Waals surface area contributed by atoms with E-state index in [1.165, 1.54) is 51.4 Å². The normalized spacial score (nSPS) is 55.6. The van der Waals surface area contributed by atoms with Gasteiger partial charge in [-0.15, -0.1) is 0 Å². The Hall–Kier alpha value is -0.340. The molecule has 2 N–H and O–H groups in total. The van der Waals surface area contributed by atoms with E-state index in [0.29, 0.717) is 5.92 Å². The standard InChI is InChI=1S/C21H32O2/c1-20-10-8-17-16-7-5-15(22)12-13(16)2-6-18(17)19(20)9-11-21(20,23)14-3-4-14/h12,14-19,22-23H,2-11H2,1H3/t15-,16-,17+,18+,19-,20-,21+/m0/s1. The van der Waals surface area contributed by atoms with Crippen molar-refractivity contribution in [1.29, 1.82) is 0 Å². The van der Waals surface area contributed by atoms with Crippen LogP contribution in [0.5, 0.6) is 0 Å². The predicted octanol–water partition coefficient (Wildman–Crippen LogP) is 4.06. The lowest BCUT2D eigenvalue weighted by Crippen LogP contribution is -2.53. The van der Waals surface area contributed by atoms with Crippen LogP contribution in [0.25, 0.3) is 0 Å². The van der Waals surface area contributed by atoms with Gasteiger partial charge >= 0.3 is 0 Å². The number of aliphatic hydroxyl groups is 2.